The summed E-state index contributed by atoms with van der Waals surface area (Å²) in [7, 11) is 0. The van der Waals surface area contributed by atoms with Gasteiger partial charge in [-0.3, -0.25) is 4.68 Å². The van der Waals surface area contributed by atoms with Crippen molar-refractivity contribution in [2.24, 2.45) is 0 Å². The monoisotopic (exact) mass is 266 g/mol. The fraction of sp³-hybridized carbons (Fsp3) is 0.800. The van der Waals surface area contributed by atoms with Crippen LogP contribution >= 0.6 is 0 Å². The van der Waals surface area contributed by atoms with Crippen molar-refractivity contribution in [3.63, 3.8) is 0 Å². The zero-order valence-corrected chi connectivity index (χ0v) is 12.0. The van der Waals surface area contributed by atoms with E-state index in [0.29, 0.717) is 25.3 Å². The van der Waals surface area contributed by atoms with Gasteiger partial charge in [0.25, 0.3) is 0 Å². The van der Waals surface area contributed by atoms with Crippen LogP contribution in [0.3, 0.4) is 0 Å². The normalized spacial score (nSPS) is 18.9. The van der Waals surface area contributed by atoms with E-state index >= 15 is 0 Å². The Morgan fingerprint density at radius 3 is 2.58 bits per heavy atom. The van der Waals surface area contributed by atoms with Gasteiger partial charge >= 0.3 is 0 Å². The highest BCUT2D eigenvalue weighted by molar-refractivity contribution is 5.04. The summed E-state index contributed by atoms with van der Waals surface area (Å²) in [4.78, 5) is 0. The van der Waals surface area contributed by atoms with Gasteiger partial charge in [-0.1, -0.05) is 26.7 Å². The molecule has 0 spiro atoms. The smallest absolute Gasteiger partial charge is 0.0904 e. The Hall–Kier alpha value is -0.870. The van der Waals surface area contributed by atoms with Crippen LogP contribution in [-0.4, -0.2) is 31.7 Å². The number of aromatic nitrogens is 2. The molecule has 0 radical (unpaired) electrons. The molecule has 0 aliphatic heterocycles. The Balaban J connectivity index is 1.99. The summed E-state index contributed by atoms with van der Waals surface area (Å²) in [5.74, 6) is 0. The molecule has 1 unspecified atom stereocenters. The van der Waals surface area contributed by atoms with Crippen LogP contribution < -0.4 is 0 Å². The summed E-state index contributed by atoms with van der Waals surface area (Å²) in [6.07, 6.45) is 7.81. The first-order valence-electron chi connectivity index (χ1n) is 7.53. The molecule has 1 saturated carbocycles. The topological polar surface area (TPSA) is 58.3 Å². The minimum Gasteiger partial charge on any atom is -0.390 e. The van der Waals surface area contributed by atoms with Crippen LogP contribution in [0, 0.1) is 0 Å². The van der Waals surface area contributed by atoms with Crippen molar-refractivity contribution in [2.75, 3.05) is 0 Å². The lowest BCUT2D eigenvalue weighted by Crippen LogP contribution is -2.42. The zero-order chi connectivity index (χ0) is 13.9. The molecular formula is C15H26N2O2. The van der Waals surface area contributed by atoms with E-state index in [4.69, 9.17) is 0 Å². The Labute approximate surface area is 115 Å². The quantitative estimate of drug-likeness (QED) is 0.831. The molecular weight excluding hydrogens is 240 g/mol. The molecule has 19 heavy (non-hydrogen) atoms. The van der Waals surface area contributed by atoms with Crippen molar-refractivity contribution >= 4 is 0 Å². The molecule has 1 aromatic rings. The van der Waals surface area contributed by atoms with E-state index in [-0.39, 0.29) is 0 Å². The summed E-state index contributed by atoms with van der Waals surface area (Å²) >= 11 is 0. The maximum atomic E-state index is 10.3. The lowest BCUT2D eigenvalue weighted by atomic mass is 9.88. The standard InChI is InChI=1S/C15H26N2O2/c1-3-15(19,4-2)14(18)11-12-9-10-17(16-12)13-7-5-6-8-13/h9-10,13-14,18-19H,3-8,11H2,1-2H3. The molecule has 1 aliphatic rings. The highest BCUT2D eigenvalue weighted by atomic mass is 16.3. The van der Waals surface area contributed by atoms with Gasteiger partial charge in [0, 0.05) is 12.6 Å². The van der Waals surface area contributed by atoms with Crippen LogP contribution in [0.4, 0.5) is 0 Å². The predicted octanol–water partition coefficient (Wildman–Crippen LogP) is 2.45. The lowest BCUT2D eigenvalue weighted by Gasteiger charge is -2.30. The van der Waals surface area contributed by atoms with Gasteiger partial charge in [0.1, 0.15) is 0 Å². The van der Waals surface area contributed by atoms with Gasteiger partial charge in [-0.25, -0.2) is 0 Å². The molecule has 2 rings (SSSR count). The Morgan fingerprint density at radius 2 is 2.00 bits per heavy atom. The van der Waals surface area contributed by atoms with E-state index in [9.17, 15) is 10.2 Å². The SMILES string of the molecule is CCC(O)(CC)C(O)Cc1ccn(C2CCCC2)n1. The van der Waals surface area contributed by atoms with Gasteiger partial charge in [-0.05, 0) is 31.7 Å². The summed E-state index contributed by atoms with van der Waals surface area (Å²) in [6, 6.07) is 2.50. The van der Waals surface area contributed by atoms with E-state index in [2.05, 4.69) is 5.10 Å². The van der Waals surface area contributed by atoms with E-state index in [0.717, 1.165) is 5.69 Å². The summed E-state index contributed by atoms with van der Waals surface area (Å²) in [5.41, 5.74) is -0.114. The van der Waals surface area contributed by atoms with E-state index < -0.39 is 11.7 Å². The average molecular weight is 266 g/mol. The second kappa shape index (κ2) is 6.06. The molecule has 1 heterocycles. The minimum absolute atomic E-state index is 0.428. The average Bonchev–Trinajstić information content (AvgIpc) is 3.07. The Bertz CT molecular complexity index is 393. The number of nitrogens with zero attached hydrogens (tertiary/aromatic N) is 2. The van der Waals surface area contributed by atoms with Crippen molar-refractivity contribution in [1.82, 2.24) is 9.78 Å². The fourth-order valence-electron chi connectivity index (χ4n) is 2.97. The number of hydrogen-bond acceptors (Lipinski definition) is 3. The second-order valence-corrected chi connectivity index (χ2v) is 5.76. The molecule has 0 amide bonds. The number of hydrogen-bond donors (Lipinski definition) is 2. The molecule has 2 N–H and O–H groups in total. The van der Waals surface area contributed by atoms with Crippen LogP contribution in [-0.2, 0) is 6.42 Å². The Morgan fingerprint density at radius 1 is 1.37 bits per heavy atom. The van der Waals surface area contributed by atoms with E-state index in [1.807, 2.05) is 30.8 Å². The van der Waals surface area contributed by atoms with Crippen LogP contribution in [0.25, 0.3) is 0 Å². The second-order valence-electron chi connectivity index (χ2n) is 5.76. The Kier molecular flexibility index (Phi) is 4.63. The van der Waals surface area contributed by atoms with Gasteiger partial charge in [0.2, 0.25) is 0 Å². The third-order valence-corrected chi connectivity index (χ3v) is 4.61. The molecule has 0 saturated heterocycles. The molecule has 1 aromatic heterocycles. The lowest BCUT2D eigenvalue weighted by molar-refractivity contribution is -0.0794. The van der Waals surface area contributed by atoms with Crippen molar-refractivity contribution in [2.45, 2.75) is 76.5 Å². The van der Waals surface area contributed by atoms with Crippen LogP contribution in [0.2, 0.25) is 0 Å². The van der Waals surface area contributed by atoms with Gasteiger partial charge in [-0.15, -0.1) is 0 Å². The highest BCUT2D eigenvalue weighted by Crippen LogP contribution is 2.29. The van der Waals surface area contributed by atoms with Crippen molar-refractivity contribution in [1.29, 1.82) is 0 Å². The molecule has 0 aromatic carbocycles. The largest absolute Gasteiger partial charge is 0.390 e. The maximum absolute atomic E-state index is 10.3. The van der Waals surface area contributed by atoms with E-state index in [1.54, 1.807) is 0 Å². The van der Waals surface area contributed by atoms with Crippen molar-refractivity contribution in [3.05, 3.63) is 18.0 Å². The first-order chi connectivity index (χ1) is 9.09. The number of aliphatic hydroxyl groups is 2. The summed E-state index contributed by atoms with van der Waals surface area (Å²) < 4.78 is 2.03. The molecule has 4 nitrogen and oxygen atoms in total. The fourth-order valence-corrected chi connectivity index (χ4v) is 2.97. The van der Waals surface area contributed by atoms with Gasteiger partial charge in [-0.2, -0.15) is 5.10 Å². The molecule has 4 heteroatoms. The highest BCUT2D eigenvalue weighted by Gasteiger charge is 2.32. The predicted molar refractivity (Wildman–Crippen MR) is 75.0 cm³/mol. The summed E-state index contributed by atoms with van der Waals surface area (Å²) in [5, 5.41) is 25.0. The number of aliphatic hydroxyl groups excluding tert-OH is 1. The summed E-state index contributed by atoms with van der Waals surface area (Å²) in [6.45, 7) is 3.81. The van der Waals surface area contributed by atoms with Gasteiger partial charge in [0.15, 0.2) is 0 Å². The first kappa shape index (κ1) is 14.5. The molecule has 1 fully saturated rings. The minimum atomic E-state index is -0.989. The molecule has 108 valence electrons. The van der Waals surface area contributed by atoms with Crippen LogP contribution in [0.5, 0.6) is 0 Å². The van der Waals surface area contributed by atoms with Crippen LogP contribution in [0.15, 0.2) is 12.3 Å². The van der Waals surface area contributed by atoms with Crippen molar-refractivity contribution in [3.8, 4) is 0 Å². The third-order valence-electron chi connectivity index (χ3n) is 4.61. The maximum Gasteiger partial charge on any atom is 0.0904 e. The molecule has 1 atom stereocenters. The van der Waals surface area contributed by atoms with Gasteiger partial charge < -0.3 is 10.2 Å². The van der Waals surface area contributed by atoms with E-state index in [1.165, 1.54) is 25.7 Å². The zero-order valence-electron chi connectivity index (χ0n) is 12.0. The van der Waals surface area contributed by atoms with Crippen LogP contribution in [0.1, 0.15) is 64.1 Å². The molecule has 1 aliphatic carbocycles. The third kappa shape index (κ3) is 3.18. The van der Waals surface area contributed by atoms with Crippen molar-refractivity contribution < 1.29 is 10.2 Å². The molecule has 0 bridgehead atoms. The number of rotatable bonds is 6. The van der Waals surface area contributed by atoms with Gasteiger partial charge in [0.05, 0.1) is 23.4 Å². The first-order valence-corrected chi connectivity index (χ1v) is 7.53.